The van der Waals surface area contributed by atoms with Gasteiger partial charge in [-0.15, -0.1) is 0 Å². The maximum absolute atomic E-state index is 13.1. The van der Waals surface area contributed by atoms with Gasteiger partial charge in [-0.2, -0.15) is 23.5 Å². The molecule has 3 aliphatic carbocycles. The smallest absolute Gasteiger partial charge is 0.373 e. The number of ether oxygens (including phenoxy) is 7. The van der Waals surface area contributed by atoms with Gasteiger partial charge >= 0.3 is 25.1 Å². The fraction of sp³-hybridized carbons (Fsp3) is 0.800. The minimum atomic E-state index is -0.901. The molecule has 43 heteroatoms. The van der Waals surface area contributed by atoms with Crippen LogP contribution in [0.4, 0.5) is 9.59 Å². The SMILES string of the molecule is CB(O)NCCN.NCCCC(=O)CC1CCC(=O)C(=O)C1.O=C(O)CC1CCC(=O)C(=O)C1.[N-]=[N+]=NCCOCCOCCN(CCOCCC(=O)NCCCC(=O)CC1CCC(=O)C(=O)C1)C(=O)CCCC[C@@H]1SC[C@@H]2NC(=O)N[C@@H]21.[N-]=[N+]=NCCOCCOCCN(CCOCCOC=O)C(=O)CCCC[C@@H]1SC[C@@H]2NC(=O)N[C@@H]21. The Bertz CT molecular complexity index is 3220. The fourth-order valence-electron chi connectivity index (χ4n) is 13.4. The van der Waals surface area contributed by atoms with Crippen LogP contribution in [0, 0.1) is 17.8 Å². The summed E-state index contributed by atoms with van der Waals surface area (Å²) in [6.07, 6.45) is 12.0. The van der Waals surface area contributed by atoms with Crippen molar-refractivity contribution in [3.05, 3.63) is 20.9 Å². The zero-order chi connectivity index (χ0) is 86.5. The maximum Gasteiger partial charge on any atom is 0.373 e. The molecule has 9 atom stereocenters. The zero-order valence-electron chi connectivity index (χ0n) is 68.1. The number of nitrogens with zero attached hydrogens (tertiary/aromatic N) is 8. The highest BCUT2D eigenvalue weighted by molar-refractivity contribution is 8.00. The first-order valence-electron chi connectivity index (χ1n) is 40.9. The minimum Gasteiger partial charge on any atom is -0.481 e. The molecule has 0 bridgehead atoms. The molecule has 0 aromatic rings. The van der Waals surface area contributed by atoms with Gasteiger partial charge < -0.3 is 96.4 Å². The lowest BCUT2D eigenvalue weighted by Crippen LogP contribution is -2.37. The second-order valence-corrected chi connectivity index (χ2v) is 31.6. The van der Waals surface area contributed by atoms with E-state index in [1.54, 1.807) is 16.6 Å². The molecule has 7 aliphatic rings. The summed E-state index contributed by atoms with van der Waals surface area (Å²) < 4.78 is 37.5. The number of hydrogen-bond acceptors (Lipinski definition) is 30. The van der Waals surface area contributed by atoms with Gasteiger partial charge in [0.25, 0.3) is 6.47 Å². The van der Waals surface area contributed by atoms with Crippen LogP contribution in [0.1, 0.15) is 161 Å². The third-order valence-electron chi connectivity index (χ3n) is 19.7. The summed E-state index contributed by atoms with van der Waals surface area (Å²) in [5.41, 5.74) is 26.9. The summed E-state index contributed by atoms with van der Waals surface area (Å²) >= 11 is 3.73. The molecule has 3 unspecified atom stereocenters. The van der Waals surface area contributed by atoms with Crippen LogP contribution in [-0.4, -0.2) is 313 Å². The Kier molecular flexibility index (Phi) is 57.6. The van der Waals surface area contributed by atoms with Crippen molar-refractivity contribution in [2.24, 2.45) is 39.4 Å². The Morgan fingerprint density at radius 1 is 0.517 bits per heavy atom. The molecular formula is C75H125BN16O24S2. The molecule has 40 nitrogen and oxygen atoms in total. The van der Waals surface area contributed by atoms with E-state index in [0.717, 1.165) is 50.0 Å². The summed E-state index contributed by atoms with van der Waals surface area (Å²) in [6.45, 7) is 10.3. The Labute approximate surface area is 697 Å². The predicted molar refractivity (Wildman–Crippen MR) is 436 cm³/mol. The molecule has 664 valence electrons. The van der Waals surface area contributed by atoms with E-state index < -0.39 is 18.8 Å². The normalized spacial score (nSPS) is 20.7. The standard InChI is InChI=1S/C32H51N7O9S.C21H36N6O7S.C11H17NO3.C8H10O4.C3H11BN2O/c33-38-35-11-15-47-18-19-48-17-13-39(30(44)6-2-1-5-28-31-25(22-49-28)36-32(45)37-31)12-16-46-14-9-29(43)34-10-3-4-24(40)20-23-7-8-26(41)27(42)21-23;22-26-23-5-8-31-11-12-32-9-6-27(7-10-33-13-14-34-16-28)19(29)4-2-1-3-18-20-17(15-35-18)24-21(30)25-20;12-5-1-2-9(13)6-8-3-4-10(14)11(15)7-8;9-6-2-1-5(3-7(6)10)4-8(11)12;1-4(7)6-3-2-5/h23,25,28,31H,1-22H2,(H,34,43)(H2,36,37,45);16-18,20H,1-15H2,(H2,24,25,30);8H,1-7,12H2;5H,1-4H2,(H,11,12);6-7H,2-3,5H2,1H3/t23?,25-,28-,31-;17-,18-,20-;;;/m00.../s1. The number of rotatable bonds is 57. The Balaban J connectivity index is 0.000000446. The molecule has 7 amide bonds. The quantitative estimate of drug-likeness (QED) is 0.00611. The molecule has 3 saturated carbocycles. The fourth-order valence-corrected chi connectivity index (χ4v) is 16.5. The highest BCUT2D eigenvalue weighted by Crippen LogP contribution is 2.35. The highest BCUT2D eigenvalue weighted by Gasteiger charge is 2.44. The Morgan fingerprint density at radius 3 is 1.31 bits per heavy atom. The number of carboxylic acid groups (broad SMARTS) is 1. The van der Waals surface area contributed by atoms with E-state index >= 15 is 0 Å². The molecular weight excluding hydrogens is 1580 g/mol. The zero-order valence-corrected chi connectivity index (χ0v) is 69.8. The lowest BCUT2D eigenvalue weighted by molar-refractivity contribution is -0.142. The summed E-state index contributed by atoms with van der Waals surface area (Å²) in [4.78, 5) is 181. The lowest BCUT2D eigenvalue weighted by atomic mass is 9.84. The average molecular weight is 1710 g/mol. The number of nitrogens with two attached hydrogens (primary N) is 2. The number of thioether (sulfide) groups is 2. The van der Waals surface area contributed by atoms with Crippen LogP contribution in [0.25, 0.3) is 20.9 Å². The van der Waals surface area contributed by atoms with Crippen molar-refractivity contribution < 1.29 is 115 Å². The van der Waals surface area contributed by atoms with Crippen molar-refractivity contribution in [2.75, 3.05) is 163 Å². The van der Waals surface area contributed by atoms with Gasteiger partial charge in [0.15, 0.2) is 34.7 Å². The predicted octanol–water partition coefficient (Wildman–Crippen LogP) is 2.83. The van der Waals surface area contributed by atoms with Crippen LogP contribution in [0.5, 0.6) is 0 Å². The van der Waals surface area contributed by atoms with Crippen LogP contribution >= 0.6 is 23.5 Å². The Hall–Kier alpha value is -7.77. The number of urea groups is 2. The van der Waals surface area contributed by atoms with Crippen molar-refractivity contribution in [2.45, 2.75) is 202 Å². The van der Waals surface area contributed by atoms with Crippen molar-refractivity contribution in [3.63, 3.8) is 0 Å². The van der Waals surface area contributed by atoms with Gasteiger partial charge in [0.1, 0.15) is 18.2 Å². The first-order valence-corrected chi connectivity index (χ1v) is 43.0. The van der Waals surface area contributed by atoms with E-state index in [2.05, 4.69) is 56.6 Å². The summed E-state index contributed by atoms with van der Waals surface area (Å²) in [7, 11) is -0.427. The molecule has 4 heterocycles. The number of Topliss-reactive ketones (excluding diaryl/α,β-unsaturated/α-hetero) is 8. The number of hydrogen-bond donors (Lipinski definition) is 10. The second kappa shape index (κ2) is 65.1. The van der Waals surface area contributed by atoms with Gasteiger partial charge in [-0.25, -0.2) is 9.59 Å². The summed E-state index contributed by atoms with van der Waals surface area (Å²) in [6, 6.07) is 0.528. The van der Waals surface area contributed by atoms with Crippen molar-refractivity contribution in [1.82, 2.24) is 41.6 Å². The molecule has 4 saturated heterocycles. The molecule has 118 heavy (non-hydrogen) atoms. The molecule has 0 aromatic carbocycles. The minimum absolute atomic E-state index is 0.000972. The van der Waals surface area contributed by atoms with E-state index in [-0.39, 0.29) is 197 Å². The molecule has 0 radical (unpaired) electrons. The van der Waals surface area contributed by atoms with E-state index in [4.69, 9.17) is 61.1 Å². The number of carboxylic acids is 1. The second-order valence-electron chi connectivity index (χ2n) is 29.0. The third-order valence-corrected chi connectivity index (χ3v) is 22.7. The Morgan fingerprint density at radius 2 is 0.924 bits per heavy atom. The molecule has 0 aromatic heterocycles. The number of ketones is 8. The van der Waals surface area contributed by atoms with E-state index in [9.17, 15) is 71.9 Å². The molecule has 7 rings (SSSR count). The number of aliphatic carboxylic acids is 1. The monoisotopic (exact) mass is 1710 g/mol. The van der Waals surface area contributed by atoms with E-state index in [1.165, 1.54) is 0 Å². The van der Waals surface area contributed by atoms with Crippen molar-refractivity contribution in [3.8, 4) is 0 Å². The number of nitrogens with one attached hydrogen (secondary N) is 6. The topological polar surface area (TPSA) is 589 Å². The van der Waals surface area contributed by atoms with Crippen LogP contribution in [-0.2, 0) is 95.5 Å². The van der Waals surface area contributed by atoms with E-state index in [1.807, 2.05) is 23.5 Å². The first-order chi connectivity index (χ1) is 56.9. The summed E-state index contributed by atoms with van der Waals surface area (Å²) in [5.74, 6) is -1.20. The van der Waals surface area contributed by atoms with Gasteiger partial charge in [0.05, 0.1) is 103 Å². The number of carbonyl (C=O) groups excluding carboxylic acids is 14. The highest BCUT2D eigenvalue weighted by atomic mass is 32.2. The maximum atomic E-state index is 13.1. The number of fused-ring (bicyclic) bond motifs is 2. The summed E-state index contributed by atoms with van der Waals surface area (Å²) in [5, 5.41) is 41.9. The number of carbonyl (C=O) groups is 15. The van der Waals surface area contributed by atoms with Gasteiger partial charge in [-0.1, -0.05) is 23.1 Å². The van der Waals surface area contributed by atoms with Crippen molar-refractivity contribution >= 4 is 119 Å². The number of azide groups is 2. The van der Waals surface area contributed by atoms with Gasteiger partial charge in [-0.3, -0.25) is 62.3 Å². The van der Waals surface area contributed by atoms with E-state index in [0.29, 0.717) is 206 Å². The average Bonchev–Trinajstić information content (AvgIpc) is 1.67. The van der Waals surface area contributed by atoms with Crippen LogP contribution < -0.4 is 43.3 Å². The first kappa shape index (κ1) is 104. The number of unbranched alkanes of at least 4 members (excludes halogenated alkanes) is 2. The number of amides is 7. The van der Waals surface area contributed by atoms with Gasteiger partial charge in [0, 0.05) is 174 Å². The van der Waals surface area contributed by atoms with Gasteiger partial charge in [-0.05, 0) is 107 Å². The molecule has 12 N–H and O–H groups in total. The van der Waals surface area contributed by atoms with Crippen LogP contribution in [0.3, 0.4) is 0 Å². The van der Waals surface area contributed by atoms with Crippen molar-refractivity contribution in [1.29, 1.82) is 0 Å². The van der Waals surface area contributed by atoms with Gasteiger partial charge in [0.2, 0.25) is 17.7 Å². The molecule has 7 fully saturated rings. The molecule has 0 spiro atoms. The van der Waals surface area contributed by atoms with Crippen LogP contribution in [0.2, 0.25) is 6.82 Å². The largest absolute Gasteiger partial charge is 0.481 e. The molecule has 4 aliphatic heterocycles. The third kappa shape index (κ3) is 48.5. The lowest BCUT2D eigenvalue weighted by Gasteiger charge is -2.23. The van der Waals surface area contributed by atoms with Crippen LogP contribution in [0.15, 0.2) is 10.2 Å².